The molecule has 2 aromatic rings. The fraction of sp³-hybridized carbons (Fsp3) is 0.182. The molecular weight excluding hydrogens is 218 g/mol. The minimum absolute atomic E-state index is 0.257. The summed E-state index contributed by atoms with van der Waals surface area (Å²) in [4.78, 5) is 15.6. The van der Waals surface area contributed by atoms with Gasteiger partial charge in [-0.3, -0.25) is 9.48 Å². The monoisotopic (exact) mass is 231 g/mol. The zero-order chi connectivity index (χ0) is 12.1. The van der Waals surface area contributed by atoms with E-state index in [0.717, 1.165) is 0 Å². The summed E-state index contributed by atoms with van der Waals surface area (Å²) in [7, 11) is 0. The molecule has 0 aliphatic heterocycles. The second-order valence-corrected chi connectivity index (χ2v) is 3.47. The molecule has 0 bridgehead atoms. The van der Waals surface area contributed by atoms with Gasteiger partial charge >= 0.3 is 0 Å². The summed E-state index contributed by atoms with van der Waals surface area (Å²) >= 11 is 0. The Kier molecular flexibility index (Phi) is 3.34. The van der Waals surface area contributed by atoms with Crippen LogP contribution >= 0.6 is 0 Å². The van der Waals surface area contributed by atoms with Crippen molar-refractivity contribution in [1.29, 1.82) is 0 Å². The van der Waals surface area contributed by atoms with Crippen LogP contribution in [0.3, 0.4) is 0 Å². The summed E-state index contributed by atoms with van der Waals surface area (Å²) in [5.74, 6) is -0.268. The molecule has 0 aliphatic rings. The zero-order valence-corrected chi connectivity index (χ0v) is 9.21. The van der Waals surface area contributed by atoms with Crippen molar-refractivity contribution in [2.45, 2.75) is 6.54 Å². The lowest BCUT2D eigenvalue weighted by molar-refractivity contribution is 0.0948. The molecule has 0 spiro atoms. The average Bonchev–Trinajstić information content (AvgIpc) is 2.82. The summed E-state index contributed by atoms with van der Waals surface area (Å²) < 4.78 is 1.74. The molecule has 0 atom stereocenters. The molecule has 0 aliphatic carbocycles. The minimum Gasteiger partial charge on any atom is -0.397 e. The van der Waals surface area contributed by atoms with Crippen molar-refractivity contribution in [2.24, 2.45) is 0 Å². The molecule has 0 saturated carbocycles. The molecule has 17 heavy (non-hydrogen) atoms. The number of nitrogen functional groups attached to an aromatic ring is 1. The van der Waals surface area contributed by atoms with Crippen LogP contribution in [-0.4, -0.2) is 27.2 Å². The van der Waals surface area contributed by atoms with Gasteiger partial charge in [-0.15, -0.1) is 0 Å². The third-order valence-corrected chi connectivity index (χ3v) is 2.24. The van der Waals surface area contributed by atoms with Gasteiger partial charge in [-0.1, -0.05) is 0 Å². The van der Waals surface area contributed by atoms with E-state index in [0.29, 0.717) is 18.8 Å². The molecule has 0 radical (unpaired) electrons. The van der Waals surface area contributed by atoms with Crippen molar-refractivity contribution < 1.29 is 4.79 Å². The largest absolute Gasteiger partial charge is 0.397 e. The van der Waals surface area contributed by atoms with Crippen LogP contribution in [0.1, 0.15) is 10.5 Å². The second-order valence-electron chi connectivity index (χ2n) is 3.47. The van der Waals surface area contributed by atoms with Crippen molar-refractivity contribution in [2.75, 3.05) is 12.3 Å². The molecule has 2 rings (SSSR count). The highest BCUT2D eigenvalue weighted by Crippen LogP contribution is 2.05. The summed E-state index contributed by atoms with van der Waals surface area (Å²) in [5.41, 5.74) is 6.28. The summed E-state index contributed by atoms with van der Waals surface area (Å²) in [6.07, 6.45) is 5.07. The maximum Gasteiger partial charge on any atom is 0.272 e. The third-order valence-electron chi connectivity index (χ3n) is 2.24. The van der Waals surface area contributed by atoms with E-state index in [9.17, 15) is 4.79 Å². The van der Waals surface area contributed by atoms with E-state index in [1.165, 1.54) is 0 Å². The minimum atomic E-state index is -0.268. The first kappa shape index (κ1) is 11.1. The van der Waals surface area contributed by atoms with Gasteiger partial charge in [0.2, 0.25) is 0 Å². The lowest BCUT2D eigenvalue weighted by Crippen LogP contribution is -2.28. The maximum absolute atomic E-state index is 11.7. The number of nitrogens with two attached hydrogens (primary N) is 1. The Hall–Kier alpha value is -2.37. The predicted molar refractivity (Wildman–Crippen MR) is 63.2 cm³/mol. The molecule has 0 unspecified atom stereocenters. The zero-order valence-electron chi connectivity index (χ0n) is 9.21. The molecule has 88 valence electrons. The quantitative estimate of drug-likeness (QED) is 0.792. The molecule has 2 heterocycles. The fourth-order valence-corrected chi connectivity index (χ4v) is 1.41. The van der Waals surface area contributed by atoms with E-state index in [1.807, 2.05) is 12.3 Å². The average molecular weight is 231 g/mol. The van der Waals surface area contributed by atoms with Gasteiger partial charge in [0.1, 0.15) is 0 Å². The van der Waals surface area contributed by atoms with Gasteiger partial charge in [-0.2, -0.15) is 5.10 Å². The van der Waals surface area contributed by atoms with Gasteiger partial charge in [0.15, 0.2) is 5.69 Å². The molecular formula is C11H13N5O. The molecule has 0 fully saturated rings. The molecule has 1 amide bonds. The van der Waals surface area contributed by atoms with Crippen LogP contribution in [0.25, 0.3) is 0 Å². The molecule has 0 aromatic carbocycles. The van der Waals surface area contributed by atoms with E-state index >= 15 is 0 Å². The Bertz CT molecular complexity index is 494. The van der Waals surface area contributed by atoms with Gasteiger partial charge in [-0.05, 0) is 18.2 Å². The van der Waals surface area contributed by atoms with Crippen molar-refractivity contribution in [3.8, 4) is 0 Å². The number of anilines is 1. The van der Waals surface area contributed by atoms with Gasteiger partial charge in [0.05, 0.1) is 12.2 Å². The summed E-state index contributed by atoms with van der Waals surface area (Å²) in [6, 6.07) is 5.17. The number of aromatic nitrogens is 3. The number of pyridine rings is 1. The Balaban J connectivity index is 1.88. The SMILES string of the molecule is Nc1cccnc1C(=O)NCCn1cccn1. The van der Waals surface area contributed by atoms with Crippen molar-refractivity contribution in [3.63, 3.8) is 0 Å². The molecule has 6 heteroatoms. The smallest absolute Gasteiger partial charge is 0.272 e. The summed E-state index contributed by atoms with van der Waals surface area (Å²) in [6.45, 7) is 1.10. The number of nitrogens with zero attached hydrogens (tertiary/aromatic N) is 3. The number of carbonyl (C=O) groups is 1. The number of nitrogens with one attached hydrogen (secondary N) is 1. The maximum atomic E-state index is 11.7. The standard InChI is InChI=1S/C11H13N5O/c12-9-3-1-4-13-10(9)11(17)14-6-8-16-7-2-5-15-16/h1-5,7H,6,8,12H2,(H,14,17). The highest BCUT2D eigenvalue weighted by molar-refractivity contribution is 5.96. The Morgan fingerprint density at radius 2 is 2.29 bits per heavy atom. The van der Waals surface area contributed by atoms with E-state index in [-0.39, 0.29) is 11.6 Å². The van der Waals surface area contributed by atoms with Crippen molar-refractivity contribution in [1.82, 2.24) is 20.1 Å². The summed E-state index contributed by atoms with van der Waals surface area (Å²) in [5, 5.41) is 6.76. The normalized spacial score (nSPS) is 10.1. The van der Waals surface area contributed by atoms with Crippen LogP contribution in [0.5, 0.6) is 0 Å². The molecule has 6 nitrogen and oxygen atoms in total. The first-order chi connectivity index (χ1) is 8.27. The third kappa shape index (κ3) is 2.81. The lowest BCUT2D eigenvalue weighted by Gasteiger charge is -2.06. The van der Waals surface area contributed by atoms with Crippen LogP contribution in [0, 0.1) is 0 Å². The van der Waals surface area contributed by atoms with Gasteiger partial charge in [-0.25, -0.2) is 4.98 Å². The Morgan fingerprint density at radius 3 is 3.00 bits per heavy atom. The van der Waals surface area contributed by atoms with Crippen LogP contribution in [0.15, 0.2) is 36.8 Å². The van der Waals surface area contributed by atoms with Crippen LogP contribution in [0.4, 0.5) is 5.69 Å². The van der Waals surface area contributed by atoms with Crippen LogP contribution < -0.4 is 11.1 Å². The van der Waals surface area contributed by atoms with Crippen molar-refractivity contribution >= 4 is 11.6 Å². The predicted octanol–water partition coefficient (Wildman–Crippen LogP) is 0.290. The van der Waals surface area contributed by atoms with Gasteiger partial charge in [0.25, 0.3) is 5.91 Å². The van der Waals surface area contributed by atoms with E-state index in [4.69, 9.17) is 5.73 Å². The van der Waals surface area contributed by atoms with Crippen LogP contribution in [0.2, 0.25) is 0 Å². The van der Waals surface area contributed by atoms with Crippen LogP contribution in [-0.2, 0) is 6.54 Å². The van der Waals surface area contributed by atoms with Gasteiger partial charge in [0, 0.05) is 25.1 Å². The topological polar surface area (TPSA) is 85.8 Å². The Labute approximate surface area is 98.5 Å². The molecule has 2 aromatic heterocycles. The number of hydrogen-bond donors (Lipinski definition) is 2. The van der Waals surface area contributed by atoms with E-state index in [2.05, 4.69) is 15.4 Å². The fourth-order valence-electron chi connectivity index (χ4n) is 1.41. The lowest BCUT2D eigenvalue weighted by atomic mass is 10.3. The first-order valence-electron chi connectivity index (χ1n) is 5.23. The molecule has 3 N–H and O–H groups in total. The van der Waals surface area contributed by atoms with Gasteiger partial charge < -0.3 is 11.1 Å². The van der Waals surface area contributed by atoms with E-state index in [1.54, 1.807) is 29.2 Å². The highest BCUT2D eigenvalue weighted by Gasteiger charge is 2.09. The first-order valence-corrected chi connectivity index (χ1v) is 5.23. The van der Waals surface area contributed by atoms with Crippen molar-refractivity contribution in [3.05, 3.63) is 42.5 Å². The number of carbonyl (C=O) groups excluding carboxylic acids is 1. The number of hydrogen-bond acceptors (Lipinski definition) is 4. The number of rotatable bonds is 4. The second kappa shape index (κ2) is 5.11. The molecule has 0 saturated heterocycles. The highest BCUT2D eigenvalue weighted by atomic mass is 16.1. The number of amides is 1. The van der Waals surface area contributed by atoms with E-state index < -0.39 is 0 Å². The Morgan fingerprint density at radius 1 is 1.41 bits per heavy atom.